The molecule has 0 spiro atoms. The van der Waals surface area contributed by atoms with Crippen molar-refractivity contribution in [3.63, 3.8) is 0 Å². The Morgan fingerprint density at radius 3 is 2.67 bits per heavy atom. The van der Waals surface area contributed by atoms with Crippen LogP contribution in [0.5, 0.6) is 5.75 Å². The second-order valence-electron chi connectivity index (χ2n) is 7.46. The Kier molecular flexibility index (Phi) is 5.41. The highest BCUT2D eigenvalue weighted by molar-refractivity contribution is 9.10. The molecule has 0 aromatic heterocycles. The van der Waals surface area contributed by atoms with Crippen LogP contribution in [0.1, 0.15) is 43.5 Å². The van der Waals surface area contributed by atoms with Crippen LogP contribution in [0.25, 0.3) is 0 Å². The van der Waals surface area contributed by atoms with Crippen LogP contribution in [0.15, 0.2) is 34.8 Å². The molecule has 0 radical (unpaired) electrons. The van der Waals surface area contributed by atoms with Gasteiger partial charge in [-0.05, 0) is 78.5 Å². The Hall–Kier alpha value is -1.79. The van der Waals surface area contributed by atoms with E-state index in [0.717, 1.165) is 11.1 Å². The van der Waals surface area contributed by atoms with Gasteiger partial charge in [0.25, 0.3) is 0 Å². The molecule has 7 heteroatoms. The van der Waals surface area contributed by atoms with Gasteiger partial charge in [-0.25, -0.2) is 9.18 Å². The Morgan fingerprint density at radius 1 is 1.30 bits per heavy atom. The number of halogens is 3. The second kappa shape index (κ2) is 7.32. The smallest absolute Gasteiger partial charge is 0.411 e. The molecule has 4 nitrogen and oxygen atoms in total. The molecular weight excluding hydrogens is 437 g/mol. The molecule has 0 fully saturated rings. The average Bonchev–Trinajstić information content (AvgIpc) is 2.58. The summed E-state index contributed by atoms with van der Waals surface area (Å²) in [5, 5.41) is 10.9. The third-order valence-electron chi connectivity index (χ3n) is 4.35. The third-order valence-corrected chi connectivity index (χ3v) is 5.45. The zero-order valence-electron chi connectivity index (χ0n) is 15.2. The normalized spacial score (nSPS) is 16.8. The van der Waals surface area contributed by atoms with E-state index in [9.17, 15) is 14.3 Å². The van der Waals surface area contributed by atoms with Crippen LogP contribution >= 0.6 is 27.5 Å². The molecule has 1 heterocycles. The minimum absolute atomic E-state index is 0.00579. The van der Waals surface area contributed by atoms with Crippen LogP contribution < -0.4 is 0 Å². The van der Waals surface area contributed by atoms with Crippen molar-refractivity contribution in [2.24, 2.45) is 0 Å². The van der Waals surface area contributed by atoms with Gasteiger partial charge in [0.05, 0.1) is 10.5 Å². The van der Waals surface area contributed by atoms with Gasteiger partial charge >= 0.3 is 6.09 Å². The Morgan fingerprint density at radius 2 is 2.00 bits per heavy atom. The summed E-state index contributed by atoms with van der Waals surface area (Å²) in [4.78, 5) is 14.4. The standard InChI is InChI=1S/C20H20BrClFNO3/c1-20(2,3)27-19(26)24-9-8-12-13(5-6-15(23)17(12)21)18(24)14-10-11(22)4-7-16(14)25/h4-7,10,18,25H,8-9H2,1-3H3. The summed E-state index contributed by atoms with van der Waals surface area (Å²) in [5.41, 5.74) is 1.28. The van der Waals surface area contributed by atoms with Crippen LogP contribution in [0, 0.1) is 5.82 Å². The van der Waals surface area contributed by atoms with Crippen molar-refractivity contribution in [1.29, 1.82) is 0 Å². The van der Waals surface area contributed by atoms with Crippen LogP contribution in [-0.4, -0.2) is 28.2 Å². The molecule has 1 aliphatic rings. The number of amides is 1. The molecule has 3 rings (SSSR count). The summed E-state index contributed by atoms with van der Waals surface area (Å²) in [6.07, 6.45) is -0.0388. The van der Waals surface area contributed by atoms with E-state index in [-0.39, 0.29) is 11.6 Å². The minimum atomic E-state index is -0.665. The second-order valence-corrected chi connectivity index (χ2v) is 8.69. The summed E-state index contributed by atoms with van der Waals surface area (Å²) in [7, 11) is 0. The topological polar surface area (TPSA) is 49.8 Å². The Bertz CT molecular complexity index is 898. The number of aromatic hydroxyl groups is 1. The molecular formula is C20H20BrClFNO3. The van der Waals surface area contributed by atoms with Gasteiger partial charge in [0.15, 0.2) is 0 Å². The van der Waals surface area contributed by atoms with E-state index in [2.05, 4.69) is 15.9 Å². The van der Waals surface area contributed by atoms with Gasteiger partial charge in [-0.3, -0.25) is 4.90 Å². The zero-order chi connectivity index (χ0) is 19.9. The summed E-state index contributed by atoms with van der Waals surface area (Å²) < 4.78 is 20.0. The highest BCUT2D eigenvalue weighted by Gasteiger charge is 2.37. The van der Waals surface area contributed by atoms with E-state index < -0.39 is 17.7 Å². The Labute approximate surface area is 171 Å². The van der Waals surface area contributed by atoms with E-state index >= 15 is 0 Å². The summed E-state index contributed by atoms with van der Waals surface area (Å²) >= 11 is 9.44. The molecule has 0 saturated carbocycles. The molecule has 2 aromatic rings. The van der Waals surface area contributed by atoms with E-state index in [1.807, 2.05) is 0 Å². The fourth-order valence-electron chi connectivity index (χ4n) is 3.24. The summed E-state index contributed by atoms with van der Waals surface area (Å²) in [6, 6.07) is 7.01. The molecule has 144 valence electrons. The molecule has 2 aromatic carbocycles. The predicted octanol–water partition coefficient (Wildman–Crippen LogP) is 5.83. The number of ether oxygens (including phenoxy) is 1. The average molecular weight is 457 g/mol. The zero-order valence-corrected chi connectivity index (χ0v) is 17.6. The number of phenolic OH excluding ortho intramolecular Hbond substituents is 1. The van der Waals surface area contributed by atoms with Crippen molar-refractivity contribution in [3.05, 3.63) is 62.3 Å². The first kappa shape index (κ1) is 20.0. The first-order chi connectivity index (χ1) is 12.6. The van der Waals surface area contributed by atoms with Crippen LogP contribution in [0.4, 0.5) is 9.18 Å². The van der Waals surface area contributed by atoms with E-state index in [1.165, 1.54) is 12.1 Å². The maximum Gasteiger partial charge on any atom is 0.411 e. The number of fused-ring (bicyclic) bond motifs is 1. The van der Waals surface area contributed by atoms with Crippen molar-refractivity contribution in [2.45, 2.75) is 38.8 Å². The first-order valence-corrected chi connectivity index (χ1v) is 9.70. The van der Waals surface area contributed by atoms with Gasteiger partial charge in [-0.2, -0.15) is 0 Å². The van der Waals surface area contributed by atoms with Gasteiger partial charge in [0.2, 0.25) is 0 Å². The minimum Gasteiger partial charge on any atom is -0.508 e. The lowest BCUT2D eigenvalue weighted by Crippen LogP contribution is -2.43. The molecule has 1 atom stereocenters. The van der Waals surface area contributed by atoms with Gasteiger partial charge < -0.3 is 9.84 Å². The predicted molar refractivity (Wildman–Crippen MR) is 106 cm³/mol. The largest absolute Gasteiger partial charge is 0.508 e. The fourth-order valence-corrected chi connectivity index (χ4v) is 3.98. The number of nitrogens with zero attached hydrogens (tertiary/aromatic N) is 1. The quantitative estimate of drug-likeness (QED) is 0.587. The molecule has 1 aliphatic heterocycles. The highest BCUT2D eigenvalue weighted by atomic mass is 79.9. The first-order valence-electron chi connectivity index (χ1n) is 8.53. The lowest BCUT2D eigenvalue weighted by atomic mass is 9.88. The molecule has 1 unspecified atom stereocenters. The van der Waals surface area contributed by atoms with Crippen molar-refractivity contribution < 1.29 is 19.0 Å². The maximum absolute atomic E-state index is 14.0. The number of carbonyl (C=O) groups is 1. The molecule has 0 aliphatic carbocycles. The maximum atomic E-state index is 14.0. The number of carbonyl (C=O) groups excluding carboxylic acids is 1. The lowest BCUT2D eigenvalue weighted by Gasteiger charge is -2.39. The number of benzene rings is 2. The molecule has 0 saturated heterocycles. The number of rotatable bonds is 1. The number of hydrogen-bond donors (Lipinski definition) is 1. The van der Waals surface area contributed by atoms with Crippen LogP contribution in [-0.2, 0) is 11.2 Å². The SMILES string of the molecule is CC(C)(C)OC(=O)N1CCc2c(ccc(F)c2Br)C1c1cc(Cl)ccc1O. The summed E-state index contributed by atoms with van der Waals surface area (Å²) in [6.45, 7) is 5.70. The van der Waals surface area contributed by atoms with Crippen molar-refractivity contribution >= 4 is 33.6 Å². The fraction of sp³-hybridized carbons (Fsp3) is 0.350. The van der Waals surface area contributed by atoms with Gasteiger partial charge in [0, 0.05) is 17.1 Å². The molecule has 1 N–H and O–H groups in total. The van der Waals surface area contributed by atoms with Crippen LogP contribution in [0.3, 0.4) is 0 Å². The molecule has 27 heavy (non-hydrogen) atoms. The van der Waals surface area contributed by atoms with Crippen molar-refractivity contribution in [1.82, 2.24) is 4.90 Å². The number of phenols is 1. The lowest BCUT2D eigenvalue weighted by molar-refractivity contribution is 0.0176. The van der Waals surface area contributed by atoms with E-state index in [4.69, 9.17) is 16.3 Å². The van der Waals surface area contributed by atoms with Gasteiger partial charge in [-0.15, -0.1) is 0 Å². The van der Waals surface area contributed by atoms with E-state index in [1.54, 1.807) is 43.9 Å². The monoisotopic (exact) mass is 455 g/mol. The summed E-state index contributed by atoms with van der Waals surface area (Å²) in [5.74, 6) is -0.361. The van der Waals surface area contributed by atoms with Crippen molar-refractivity contribution in [3.8, 4) is 5.75 Å². The number of hydrogen-bond acceptors (Lipinski definition) is 3. The van der Waals surface area contributed by atoms with Gasteiger partial charge in [0.1, 0.15) is 17.2 Å². The Balaban J connectivity index is 2.16. The molecule has 1 amide bonds. The van der Waals surface area contributed by atoms with Crippen LogP contribution in [0.2, 0.25) is 5.02 Å². The van der Waals surface area contributed by atoms with Crippen molar-refractivity contribution in [2.75, 3.05) is 6.54 Å². The van der Waals surface area contributed by atoms with E-state index in [0.29, 0.717) is 28.0 Å². The van der Waals surface area contributed by atoms with Gasteiger partial charge in [-0.1, -0.05) is 17.7 Å². The highest BCUT2D eigenvalue weighted by Crippen LogP contribution is 2.43. The molecule has 0 bridgehead atoms. The third kappa shape index (κ3) is 4.06.